The summed E-state index contributed by atoms with van der Waals surface area (Å²) in [5.74, 6) is 0.597. The Labute approximate surface area is 82.0 Å². The van der Waals surface area contributed by atoms with E-state index in [1.807, 2.05) is 11.1 Å². The number of fused-ring (bicyclic) bond motifs is 1. The third-order valence-electron chi connectivity index (χ3n) is 2.82. The van der Waals surface area contributed by atoms with Crippen LogP contribution in [0.2, 0.25) is 0 Å². The molecule has 1 amide bonds. The van der Waals surface area contributed by atoms with E-state index in [-0.39, 0.29) is 0 Å². The third kappa shape index (κ3) is 1.18. The van der Waals surface area contributed by atoms with Crippen molar-refractivity contribution < 1.29 is 4.79 Å². The van der Waals surface area contributed by atoms with E-state index >= 15 is 0 Å². The molecule has 0 bridgehead atoms. The minimum atomic E-state index is 0.294. The van der Waals surface area contributed by atoms with Gasteiger partial charge in [0.1, 0.15) is 6.33 Å². The van der Waals surface area contributed by atoms with Crippen molar-refractivity contribution in [2.24, 2.45) is 5.92 Å². The topological polar surface area (TPSA) is 46.1 Å². The van der Waals surface area contributed by atoms with Gasteiger partial charge in [0.05, 0.1) is 12.2 Å². The number of carbonyl (C=O) groups excluding carboxylic acids is 1. The number of nitrogens with zero attached hydrogens (tertiary/aromatic N) is 3. The molecule has 0 atom stereocenters. The Morgan fingerprint density at radius 3 is 3.00 bits per heavy atom. The van der Waals surface area contributed by atoms with E-state index in [0.29, 0.717) is 24.9 Å². The summed E-state index contributed by atoms with van der Waals surface area (Å²) in [6.07, 6.45) is 5.49. The molecule has 1 aliphatic heterocycles. The van der Waals surface area contributed by atoms with Gasteiger partial charge in [-0.15, -0.1) is 0 Å². The third-order valence-corrected chi connectivity index (χ3v) is 2.82. The van der Waals surface area contributed by atoms with Gasteiger partial charge in [0.2, 0.25) is 5.91 Å². The second-order valence-electron chi connectivity index (χ2n) is 3.96. The minimum absolute atomic E-state index is 0.294. The Bertz CT molecular complexity index is 362. The summed E-state index contributed by atoms with van der Waals surface area (Å²) in [7, 11) is 0. The Hall–Kier alpha value is -1.45. The van der Waals surface area contributed by atoms with Crippen LogP contribution in [-0.4, -0.2) is 20.8 Å². The molecule has 1 aromatic rings. The van der Waals surface area contributed by atoms with Crippen LogP contribution in [0.4, 0.5) is 0 Å². The summed E-state index contributed by atoms with van der Waals surface area (Å²) in [6, 6.07) is 0. The van der Waals surface area contributed by atoms with Gasteiger partial charge in [0.25, 0.3) is 0 Å². The Morgan fingerprint density at radius 2 is 2.29 bits per heavy atom. The highest BCUT2D eigenvalue weighted by Gasteiger charge is 2.35. The molecule has 14 heavy (non-hydrogen) atoms. The molecule has 0 unspecified atom stereocenters. The van der Waals surface area contributed by atoms with Crippen molar-refractivity contribution in [1.82, 2.24) is 14.9 Å². The molecule has 1 aliphatic carbocycles. The number of amides is 1. The second kappa shape index (κ2) is 2.77. The highest BCUT2D eigenvalue weighted by Crippen LogP contribution is 2.33. The number of rotatable bonds is 1. The van der Waals surface area contributed by atoms with E-state index < -0.39 is 0 Å². The molecule has 4 heteroatoms. The lowest BCUT2D eigenvalue weighted by atomic mass is 10.3. The lowest BCUT2D eigenvalue weighted by Crippen LogP contribution is -2.26. The van der Waals surface area contributed by atoms with Crippen molar-refractivity contribution in [2.45, 2.75) is 25.9 Å². The van der Waals surface area contributed by atoms with Gasteiger partial charge in [0.15, 0.2) is 0 Å². The van der Waals surface area contributed by atoms with Gasteiger partial charge < -0.3 is 4.90 Å². The molecule has 2 heterocycles. The van der Waals surface area contributed by atoms with Gasteiger partial charge in [-0.2, -0.15) is 0 Å². The summed E-state index contributed by atoms with van der Waals surface area (Å²) in [4.78, 5) is 21.8. The van der Waals surface area contributed by atoms with Crippen LogP contribution in [0.1, 0.15) is 24.1 Å². The fraction of sp³-hybridized carbons (Fsp3) is 0.500. The fourth-order valence-corrected chi connectivity index (χ4v) is 1.84. The monoisotopic (exact) mass is 189 g/mol. The molecule has 72 valence electrons. The first kappa shape index (κ1) is 7.91. The van der Waals surface area contributed by atoms with Crippen LogP contribution in [0, 0.1) is 5.92 Å². The van der Waals surface area contributed by atoms with Crippen molar-refractivity contribution in [1.29, 1.82) is 0 Å². The van der Waals surface area contributed by atoms with Crippen molar-refractivity contribution >= 4 is 5.91 Å². The molecule has 0 aromatic carbocycles. The molecule has 0 N–H and O–H groups in total. The van der Waals surface area contributed by atoms with Crippen LogP contribution in [0.5, 0.6) is 0 Å². The lowest BCUT2D eigenvalue weighted by molar-refractivity contribution is -0.133. The van der Waals surface area contributed by atoms with Gasteiger partial charge in [-0.05, 0) is 12.8 Å². The van der Waals surface area contributed by atoms with E-state index in [1.54, 1.807) is 6.33 Å². The van der Waals surface area contributed by atoms with E-state index in [0.717, 1.165) is 24.1 Å². The average molecular weight is 189 g/mol. The van der Waals surface area contributed by atoms with E-state index in [2.05, 4.69) is 9.97 Å². The highest BCUT2D eigenvalue weighted by atomic mass is 16.2. The largest absolute Gasteiger partial charge is 0.332 e. The second-order valence-corrected chi connectivity index (χ2v) is 3.96. The van der Waals surface area contributed by atoms with Gasteiger partial charge >= 0.3 is 0 Å². The van der Waals surface area contributed by atoms with E-state index in [9.17, 15) is 4.79 Å². The van der Waals surface area contributed by atoms with Crippen LogP contribution in [0.3, 0.4) is 0 Å². The predicted octanol–water partition coefficient (Wildman–Crippen LogP) is 0.729. The zero-order chi connectivity index (χ0) is 9.54. The van der Waals surface area contributed by atoms with E-state index in [4.69, 9.17) is 0 Å². The summed E-state index contributed by atoms with van der Waals surface area (Å²) in [5, 5.41) is 0. The number of hydrogen-bond donors (Lipinski definition) is 0. The smallest absolute Gasteiger partial charge is 0.226 e. The van der Waals surface area contributed by atoms with Gasteiger partial charge in [-0.3, -0.25) is 4.79 Å². The molecule has 2 aliphatic rings. The summed E-state index contributed by atoms with van der Waals surface area (Å²) >= 11 is 0. The molecule has 0 saturated heterocycles. The molecule has 3 rings (SSSR count). The molecular weight excluding hydrogens is 178 g/mol. The van der Waals surface area contributed by atoms with Gasteiger partial charge in [0, 0.05) is 24.2 Å². The summed E-state index contributed by atoms with van der Waals surface area (Å²) < 4.78 is 0. The first-order valence-electron chi connectivity index (χ1n) is 4.91. The molecule has 1 saturated carbocycles. The average Bonchev–Trinajstić information content (AvgIpc) is 2.95. The van der Waals surface area contributed by atoms with Gasteiger partial charge in [-0.1, -0.05) is 0 Å². The number of aromatic nitrogens is 2. The van der Waals surface area contributed by atoms with E-state index in [1.165, 1.54) is 0 Å². The normalized spacial score (nSPS) is 19.6. The molecule has 4 nitrogen and oxygen atoms in total. The van der Waals surface area contributed by atoms with Gasteiger partial charge in [-0.25, -0.2) is 9.97 Å². The predicted molar refractivity (Wildman–Crippen MR) is 49.0 cm³/mol. The fourth-order valence-electron chi connectivity index (χ4n) is 1.84. The van der Waals surface area contributed by atoms with Crippen LogP contribution in [0.25, 0.3) is 0 Å². The molecular formula is C10H11N3O. The maximum atomic E-state index is 11.8. The summed E-state index contributed by atoms with van der Waals surface area (Å²) in [5.41, 5.74) is 2.11. The zero-order valence-corrected chi connectivity index (χ0v) is 7.81. The van der Waals surface area contributed by atoms with Crippen LogP contribution in [0.15, 0.2) is 12.5 Å². The van der Waals surface area contributed by atoms with Crippen molar-refractivity contribution in [3.05, 3.63) is 23.8 Å². The zero-order valence-electron chi connectivity index (χ0n) is 7.81. The summed E-state index contributed by atoms with van der Waals surface area (Å²) in [6.45, 7) is 1.37. The van der Waals surface area contributed by atoms with Crippen molar-refractivity contribution in [3.63, 3.8) is 0 Å². The Balaban J connectivity index is 1.80. The maximum absolute atomic E-state index is 11.8. The lowest BCUT2D eigenvalue weighted by Gasteiger charge is -2.13. The van der Waals surface area contributed by atoms with Crippen molar-refractivity contribution in [2.75, 3.05) is 0 Å². The standard InChI is InChI=1S/C10H11N3O/c14-10(7-1-2-7)13-4-8-3-11-6-12-9(8)5-13/h3,6-7H,1-2,4-5H2. The van der Waals surface area contributed by atoms with Crippen LogP contribution < -0.4 is 0 Å². The molecule has 1 aromatic heterocycles. The molecule has 1 fully saturated rings. The highest BCUT2D eigenvalue weighted by molar-refractivity contribution is 5.81. The Kier molecular flexibility index (Phi) is 1.56. The first-order valence-corrected chi connectivity index (χ1v) is 4.91. The van der Waals surface area contributed by atoms with Crippen LogP contribution >= 0.6 is 0 Å². The Morgan fingerprint density at radius 1 is 1.43 bits per heavy atom. The maximum Gasteiger partial charge on any atom is 0.226 e. The van der Waals surface area contributed by atoms with Crippen molar-refractivity contribution in [3.8, 4) is 0 Å². The first-order chi connectivity index (χ1) is 6.84. The number of hydrogen-bond acceptors (Lipinski definition) is 3. The number of carbonyl (C=O) groups is 1. The molecule has 0 radical (unpaired) electrons. The minimum Gasteiger partial charge on any atom is -0.332 e. The SMILES string of the molecule is O=C(C1CC1)N1Cc2cncnc2C1. The molecule has 0 spiro atoms. The van der Waals surface area contributed by atoms with Crippen LogP contribution in [-0.2, 0) is 17.9 Å². The quantitative estimate of drug-likeness (QED) is 0.654.